The van der Waals surface area contributed by atoms with Crippen molar-refractivity contribution in [3.05, 3.63) is 48.7 Å². The van der Waals surface area contributed by atoms with Crippen LogP contribution in [0.4, 0.5) is 11.5 Å². The molecular formula is C20H22N2O3. The standard InChI is InChI=1S/C20H22N2O3/c1-4-24-18-10-14-12-20(21-13-15(14)11-19(18)25-5-2)22-16-6-8-17(23-3)9-7-16/h6-13H,4-5H2,1-3H3,(H,21,22). The first-order chi connectivity index (χ1) is 12.2. The third-order valence-electron chi connectivity index (χ3n) is 3.75. The first kappa shape index (κ1) is 16.9. The third-order valence-corrected chi connectivity index (χ3v) is 3.75. The highest BCUT2D eigenvalue weighted by Crippen LogP contribution is 2.33. The Bertz CT molecular complexity index is 847. The van der Waals surface area contributed by atoms with Crippen LogP contribution in [-0.4, -0.2) is 25.3 Å². The molecule has 0 spiro atoms. The van der Waals surface area contributed by atoms with Crippen molar-refractivity contribution in [3.8, 4) is 17.2 Å². The molecule has 5 nitrogen and oxygen atoms in total. The Morgan fingerprint density at radius 2 is 1.52 bits per heavy atom. The number of hydrogen-bond donors (Lipinski definition) is 1. The van der Waals surface area contributed by atoms with Gasteiger partial charge in [-0.25, -0.2) is 4.98 Å². The Morgan fingerprint density at radius 1 is 0.880 bits per heavy atom. The van der Waals surface area contributed by atoms with Gasteiger partial charge in [0.15, 0.2) is 11.5 Å². The predicted octanol–water partition coefficient (Wildman–Crippen LogP) is 4.78. The van der Waals surface area contributed by atoms with Crippen molar-refractivity contribution in [1.82, 2.24) is 4.98 Å². The van der Waals surface area contributed by atoms with Crippen LogP contribution in [0.2, 0.25) is 0 Å². The van der Waals surface area contributed by atoms with Gasteiger partial charge in [0.1, 0.15) is 11.6 Å². The number of hydrogen-bond acceptors (Lipinski definition) is 5. The summed E-state index contributed by atoms with van der Waals surface area (Å²) in [5, 5.41) is 5.35. The van der Waals surface area contributed by atoms with E-state index in [9.17, 15) is 0 Å². The fraction of sp³-hybridized carbons (Fsp3) is 0.250. The molecule has 0 amide bonds. The topological polar surface area (TPSA) is 52.6 Å². The van der Waals surface area contributed by atoms with Crippen LogP contribution >= 0.6 is 0 Å². The number of rotatable bonds is 7. The average molecular weight is 338 g/mol. The lowest BCUT2D eigenvalue weighted by Gasteiger charge is -2.13. The molecule has 0 aliphatic heterocycles. The minimum atomic E-state index is 0.591. The summed E-state index contributed by atoms with van der Waals surface area (Å²) in [5.74, 6) is 3.08. The Labute approximate surface area is 147 Å². The molecule has 130 valence electrons. The normalized spacial score (nSPS) is 10.5. The molecule has 1 aromatic heterocycles. The van der Waals surface area contributed by atoms with Crippen molar-refractivity contribution in [2.45, 2.75) is 13.8 Å². The Hall–Kier alpha value is -2.95. The maximum atomic E-state index is 5.70. The zero-order chi connectivity index (χ0) is 17.6. The predicted molar refractivity (Wildman–Crippen MR) is 100 cm³/mol. The summed E-state index contributed by atoms with van der Waals surface area (Å²) >= 11 is 0. The van der Waals surface area contributed by atoms with E-state index in [-0.39, 0.29) is 0 Å². The van der Waals surface area contributed by atoms with E-state index in [0.29, 0.717) is 13.2 Å². The number of pyridine rings is 1. The average Bonchev–Trinajstić information content (AvgIpc) is 2.63. The lowest BCUT2D eigenvalue weighted by atomic mass is 10.1. The van der Waals surface area contributed by atoms with E-state index < -0.39 is 0 Å². The zero-order valence-corrected chi connectivity index (χ0v) is 14.7. The summed E-state index contributed by atoms with van der Waals surface area (Å²) in [6.07, 6.45) is 1.83. The minimum absolute atomic E-state index is 0.591. The van der Waals surface area contributed by atoms with Gasteiger partial charge >= 0.3 is 0 Å². The lowest BCUT2D eigenvalue weighted by Crippen LogP contribution is -1.99. The molecule has 5 heteroatoms. The van der Waals surface area contributed by atoms with Crippen molar-refractivity contribution in [1.29, 1.82) is 0 Å². The lowest BCUT2D eigenvalue weighted by molar-refractivity contribution is 0.288. The molecule has 0 aliphatic rings. The minimum Gasteiger partial charge on any atom is -0.497 e. The Kier molecular flexibility index (Phi) is 5.23. The Morgan fingerprint density at radius 3 is 2.12 bits per heavy atom. The van der Waals surface area contributed by atoms with Crippen molar-refractivity contribution < 1.29 is 14.2 Å². The van der Waals surface area contributed by atoms with Crippen LogP contribution in [-0.2, 0) is 0 Å². The molecule has 0 radical (unpaired) electrons. The molecule has 25 heavy (non-hydrogen) atoms. The van der Waals surface area contributed by atoms with E-state index in [0.717, 1.165) is 39.5 Å². The molecule has 1 heterocycles. The summed E-state index contributed by atoms with van der Waals surface area (Å²) < 4.78 is 16.5. The highest BCUT2D eigenvalue weighted by molar-refractivity contribution is 5.87. The second-order valence-corrected chi connectivity index (χ2v) is 5.44. The highest BCUT2D eigenvalue weighted by atomic mass is 16.5. The van der Waals surface area contributed by atoms with Crippen LogP contribution in [0.25, 0.3) is 10.8 Å². The van der Waals surface area contributed by atoms with Gasteiger partial charge in [-0.3, -0.25) is 0 Å². The molecular weight excluding hydrogens is 316 g/mol. The number of ether oxygens (including phenoxy) is 3. The summed E-state index contributed by atoms with van der Waals surface area (Å²) in [6.45, 7) is 5.10. The van der Waals surface area contributed by atoms with Crippen molar-refractivity contribution in [3.63, 3.8) is 0 Å². The van der Waals surface area contributed by atoms with Crippen molar-refractivity contribution in [2.24, 2.45) is 0 Å². The monoisotopic (exact) mass is 338 g/mol. The molecule has 0 unspecified atom stereocenters. The van der Waals surface area contributed by atoms with E-state index in [2.05, 4.69) is 10.3 Å². The number of methoxy groups -OCH3 is 1. The quantitative estimate of drug-likeness (QED) is 0.671. The third kappa shape index (κ3) is 3.94. The summed E-state index contributed by atoms with van der Waals surface area (Å²) in [5.41, 5.74) is 0.948. The molecule has 2 aromatic carbocycles. The molecule has 0 fully saturated rings. The van der Waals surface area contributed by atoms with Crippen LogP contribution in [0, 0.1) is 0 Å². The van der Waals surface area contributed by atoms with Gasteiger partial charge in [-0.2, -0.15) is 0 Å². The van der Waals surface area contributed by atoms with Crippen molar-refractivity contribution in [2.75, 3.05) is 25.6 Å². The Balaban J connectivity index is 1.90. The van der Waals surface area contributed by atoms with Crippen LogP contribution in [0.3, 0.4) is 0 Å². The molecule has 1 N–H and O–H groups in total. The fourth-order valence-corrected chi connectivity index (χ4v) is 2.58. The van der Waals surface area contributed by atoms with E-state index >= 15 is 0 Å². The molecule has 0 aliphatic carbocycles. The molecule has 3 aromatic rings. The van der Waals surface area contributed by atoms with Gasteiger partial charge in [-0.1, -0.05) is 0 Å². The van der Waals surface area contributed by atoms with Crippen LogP contribution < -0.4 is 19.5 Å². The second kappa shape index (κ2) is 7.75. The number of nitrogens with one attached hydrogen (secondary N) is 1. The van der Waals surface area contributed by atoms with E-state index in [4.69, 9.17) is 14.2 Å². The summed E-state index contributed by atoms with van der Waals surface area (Å²) in [7, 11) is 1.65. The number of fused-ring (bicyclic) bond motifs is 1. The van der Waals surface area contributed by atoms with Crippen LogP contribution in [0.1, 0.15) is 13.8 Å². The molecule has 0 bridgehead atoms. The molecule has 0 saturated heterocycles. The molecule has 0 atom stereocenters. The van der Waals surface area contributed by atoms with Gasteiger partial charge in [0.2, 0.25) is 0 Å². The number of anilines is 2. The number of aromatic nitrogens is 1. The van der Waals surface area contributed by atoms with Gasteiger partial charge in [-0.15, -0.1) is 0 Å². The maximum Gasteiger partial charge on any atom is 0.161 e. The van der Waals surface area contributed by atoms with Crippen LogP contribution in [0.15, 0.2) is 48.7 Å². The second-order valence-electron chi connectivity index (χ2n) is 5.44. The van der Waals surface area contributed by atoms with E-state index in [1.165, 1.54) is 0 Å². The zero-order valence-electron chi connectivity index (χ0n) is 14.7. The highest BCUT2D eigenvalue weighted by Gasteiger charge is 2.08. The first-order valence-corrected chi connectivity index (χ1v) is 8.34. The first-order valence-electron chi connectivity index (χ1n) is 8.34. The SMILES string of the molecule is CCOc1cc2cnc(Nc3ccc(OC)cc3)cc2cc1OCC. The van der Waals surface area contributed by atoms with Gasteiger partial charge < -0.3 is 19.5 Å². The van der Waals surface area contributed by atoms with Crippen LogP contribution in [0.5, 0.6) is 17.2 Å². The van der Waals surface area contributed by atoms with Gasteiger partial charge in [0, 0.05) is 17.3 Å². The smallest absolute Gasteiger partial charge is 0.161 e. The fourth-order valence-electron chi connectivity index (χ4n) is 2.58. The number of benzene rings is 2. The number of nitrogens with zero attached hydrogens (tertiary/aromatic N) is 1. The van der Waals surface area contributed by atoms with Gasteiger partial charge in [-0.05, 0) is 61.7 Å². The van der Waals surface area contributed by atoms with Gasteiger partial charge in [0.05, 0.1) is 20.3 Å². The summed E-state index contributed by atoms with van der Waals surface area (Å²) in [4.78, 5) is 4.48. The molecule has 0 saturated carbocycles. The van der Waals surface area contributed by atoms with E-state index in [1.807, 2.05) is 62.5 Å². The largest absolute Gasteiger partial charge is 0.497 e. The van der Waals surface area contributed by atoms with Crippen molar-refractivity contribution >= 4 is 22.3 Å². The summed E-state index contributed by atoms with van der Waals surface area (Å²) in [6, 6.07) is 13.7. The van der Waals surface area contributed by atoms with Gasteiger partial charge in [0.25, 0.3) is 0 Å². The van der Waals surface area contributed by atoms with E-state index in [1.54, 1.807) is 7.11 Å². The maximum absolute atomic E-state index is 5.70. The molecule has 3 rings (SSSR count).